The summed E-state index contributed by atoms with van der Waals surface area (Å²) < 4.78 is 19.4. The van der Waals surface area contributed by atoms with E-state index in [0.717, 1.165) is 50.1 Å². The van der Waals surface area contributed by atoms with Crippen LogP contribution >= 0.6 is 0 Å². The van der Waals surface area contributed by atoms with E-state index in [2.05, 4.69) is 43.7 Å². The predicted molar refractivity (Wildman–Crippen MR) is 131 cm³/mol. The van der Waals surface area contributed by atoms with E-state index in [1.807, 2.05) is 14.0 Å². The van der Waals surface area contributed by atoms with Crippen molar-refractivity contribution in [2.24, 2.45) is 16.7 Å². The van der Waals surface area contributed by atoms with Crippen LogP contribution in [-0.2, 0) is 16.6 Å². The first-order chi connectivity index (χ1) is 16.0. The lowest BCUT2D eigenvalue weighted by Gasteiger charge is -2.75. The van der Waals surface area contributed by atoms with E-state index in [1.165, 1.54) is 11.1 Å². The summed E-state index contributed by atoms with van der Waals surface area (Å²) in [5, 5.41) is 12.2. The summed E-state index contributed by atoms with van der Waals surface area (Å²) in [7, 11) is 3.56. The topological polar surface area (TPSA) is 51.2 Å². The SMILES string of the molecule is C#CCN1CC[C@]23c4c5ccc(OC)c4O[C@H]2[C@@]2(OC)CC[C@@]3(C[C@@H]2[C@](C)(O)C(C)(C)C)[C@H]1C5. The fraction of sp³-hybridized carbons (Fsp3) is 0.724. The number of rotatable bonds is 4. The minimum absolute atomic E-state index is 0.0163. The molecule has 7 rings (SSSR count). The van der Waals surface area contributed by atoms with Crippen molar-refractivity contribution in [3.63, 3.8) is 0 Å². The van der Waals surface area contributed by atoms with Gasteiger partial charge in [0.25, 0.3) is 0 Å². The van der Waals surface area contributed by atoms with E-state index in [0.29, 0.717) is 12.6 Å². The van der Waals surface area contributed by atoms with Crippen LogP contribution in [0.1, 0.15) is 64.5 Å². The Labute approximate surface area is 204 Å². The molecule has 2 heterocycles. The highest BCUT2D eigenvalue weighted by molar-refractivity contribution is 5.63. The van der Waals surface area contributed by atoms with E-state index in [4.69, 9.17) is 20.6 Å². The van der Waals surface area contributed by atoms with E-state index in [-0.39, 0.29) is 28.3 Å². The van der Waals surface area contributed by atoms with Crippen LogP contribution in [0.3, 0.4) is 0 Å². The van der Waals surface area contributed by atoms with Gasteiger partial charge in [-0.3, -0.25) is 4.90 Å². The van der Waals surface area contributed by atoms with Crippen molar-refractivity contribution in [2.45, 2.75) is 88.6 Å². The van der Waals surface area contributed by atoms with Crippen molar-refractivity contribution in [2.75, 3.05) is 27.3 Å². The van der Waals surface area contributed by atoms with Gasteiger partial charge in [-0.2, -0.15) is 0 Å². The number of benzene rings is 1. The number of terminal acetylenes is 1. The van der Waals surface area contributed by atoms with Crippen molar-refractivity contribution in [1.82, 2.24) is 4.90 Å². The molecular formula is C29H39NO4. The number of hydrogen-bond acceptors (Lipinski definition) is 5. The molecule has 0 aromatic heterocycles. The average Bonchev–Trinajstić information content (AvgIpc) is 3.17. The second-order valence-electron chi connectivity index (χ2n) is 12.7. The maximum absolute atomic E-state index is 12.2. The molecule has 2 spiro atoms. The molecule has 7 atom stereocenters. The molecule has 1 aromatic rings. The average molecular weight is 466 g/mol. The van der Waals surface area contributed by atoms with Gasteiger partial charge in [-0.1, -0.05) is 32.8 Å². The third-order valence-corrected chi connectivity index (χ3v) is 11.2. The van der Waals surface area contributed by atoms with E-state index in [1.54, 1.807) is 7.11 Å². The highest BCUT2D eigenvalue weighted by Gasteiger charge is 2.82. The lowest BCUT2D eigenvalue weighted by atomic mass is 9.33. The van der Waals surface area contributed by atoms with Gasteiger partial charge < -0.3 is 19.3 Å². The zero-order chi connectivity index (χ0) is 24.3. The first kappa shape index (κ1) is 22.7. The Morgan fingerprint density at radius 3 is 2.62 bits per heavy atom. The lowest BCUT2D eigenvalue weighted by Crippen LogP contribution is -2.83. The Balaban J connectivity index is 1.64. The van der Waals surface area contributed by atoms with Gasteiger partial charge in [0.05, 0.1) is 19.3 Å². The van der Waals surface area contributed by atoms with Crippen LogP contribution in [0, 0.1) is 29.1 Å². The van der Waals surface area contributed by atoms with Gasteiger partial charge in [-0.25, -0.2) is 0 Å². The van der Waals surface area contributed by atoms with Gasteiger partial charge in [0.1, 0.15) is 11.7 Å². The molecule has 3 saturated carbocycles. The molecule has 184 valence electrons. The van der Waals surface area contributed by atoms with Crippen LogP contribution in [0.2, 0.25) is 0 Å². The molecule has 0 unspecified atom stereocenters. The molecule has 6 aliphatic rings. The van der Waals surface area contributed by atoms with Crippen molar-refractivity contribution in [3.8, 4) is 23.8 Å². The van der Waals surface area contributed by atoms with Gasteiger partial charge in [0.15, 0.2) is 11.5 Å². The van der Waals surface area contributed by atoms with Gasteiger partial charge in [0.2, 0.25) is 0 Å². The fourth-order valence-electron chi connectivity index (χ4n) is 9.19. The smallest absolute Gasteiger partial charge is 0.165 e. The quantitative estimate of drug-likeness (QED) is 0.683. The van der Waals surface area contributed by atoms with E-state index >= 15 is 0 Å². The molecule has 5 nitrogen and oxygen atoms in total. The maximum Gasteiger partial charge on any atom is 0.165 e. The third-order valence-electron chi connectivity index (χ3n) is 11.2. The standard InChI is InChI=1S/C29H39NO4/c1-8-14-30-15-13-28-22-18-9-10-19(32-6)23(22)34-24(28)29(33-7)12-11-27(28,21(30)16-18)17-20(29)26(5,31)25(2,3)4/h1,9-10,20-21,24,31H,11-17H2,2-7H3/t20-,21-,24-,26+,27-,28+,29-/m1/s1. The Hall–Kier alpha value is -1.74. The molecule has 4 aliphatic carbocycles. The van der Waals surface area contributed by atoms with Crippen LogP contribution in [-0.4, -0.2) is 60.7 Å². The molecule has 1 aromatic carbocycles. The van der Waals surface area contributed by atoms with Crippen LogP contribution < -0.4 is 9.47 Å². The number of methoxy groups -OCH3 is 2. The molecule has 4 fully saturated rings. The summed E-state index contributed by atoms with van der Waals surface area (Å²) in [6.45, 7) is 10.1. The second kappa shape index (κ2) is 6.72. The summed E-state index contributed by atoms with van der Waals surface area (Å²) in [5.41, 5.74) is 0.788. The minimum atomic E-state index is -0.925. The number of piperidine rings is 1. The van der Waals surface area contributed by atoms with Crippen molar-refractivity contribution < 1.29 is 19.3 Å². The first-order valence-corrected chi connectivity index (χ1v) is 12.9. The van der Waals surface area contributed by atoms with Crippen molar-refractivity contribution >= 4 is 0 Å². The van der Waals surface area contributed by atoms with Gasteiger partial charge in [-0.15, -0.1) is 6.42 Å². The second-order valence-corrected chi connectivity index (χ2v) is 12.7. The van der Waals surface area contributed by atoms with E-state index < -0.39 is 11.2 Å². The van der Waals surface area contributed by atoms with Gasteiger partial charge in [-0.05, 0) is 56.1 Å². The Kier molecular flexibility index (Phi) is 4.49. The highest BCUT2D eigenvalue weighted by Crippen LogP contribution is 2.78. The normalized spacial score (nSPS) is 41.3. The number of hydrogen-bond donors (Lipinski definition) is 1. The zero-order valence-corrected chi connectivity index (χ0v) is 21.5. The molecule has 1 saturated heterocycles. The van der Waals surface area contributed by atoms with Crippen LogP contribution in [0.4, 0.5) is 0 Å². The molecule has 5 heteroatoms. The number of aliphatic hydroxyl groups is 1. The number of nitrogens with zero attached hydrogens (tertiary/aromatic N) is 1. The molecule has 34 heavy (non-hydrogen) atoms. The molecule has 4 bridgehead atoms. The van der Waals surface area contributed by atoms with Crippen molar-refractivity contribution in [3.05, 3.63) is 23.3 Å². The van der Waals surface area contributed by atoms with E-state index in [9.17, 15) is 5.11 Å². The molecular weight excluding hydrogens is 426 g/mol. The molecule has 1 N–H and O–H groups in total. The highest BCUT2D eigenvalue weighted by atomic mass is 16.6. The van der Waals surface area contributed by atoms with Crippen molar-refractivity contribution in [1.29, 1.82) is 0 Å². The summed E-state index contributed by atoms with van der Waals surface area (Å²) in [6, 6.07) is 4.64. The summed E-state index contributed by atoms with van der Waals surface area (Å²) in [5.74, 6) is 4.62. The summed E-state index contributed by atoms with van der Waals surface area (Å²) >= 11 is 0. The van der Waals surface area contributed by atoms with Crippen LogP contribution in [0.5, 0.6) is 11.5 Å². The maximum atomic E-state index is 12.2. The number of likely N-dealkylation sites (tertiary alicyclic amines) is 1. The Morgan fingerprint density at radius 1 is 1.21 bits per heavy atom. The predicted octanol–water partition coefficient (Wildman–Crippen LogP) is 3.94. The Bertz CT molecular complexity index is 1080. The minimum Gasteiger partial charge on any atom is -0.493 e. The lowest BCUT2D eigenvalue weighted by molar-refractivity contribution is -0.312. The zero-order valence-electron chi connectivity index (χ0n) is 21.5. The van der Waals surface area contributed by atoms with Crippen LogP contribution in [0.25, 0.3) is 0 Å². The van der Waals surface area contributed by atoms with Gasteiger partial charge >= 0.3 is 0 Å². The first-order valence-electron chi connectivity index (χ1n) is 12.9. The summed E-state index contributed by atoms with van der Waals surface area (Å²) in [6.07, 6.45) is 10.6. The fourth-order valence-corrected chi connectivity index (χ4v) is 9.19. The van der Waals surface area contributed by atoms with Crippen LogP contribution in [0.15, 0.2) is 12.1 Å². The molecule has 0 amide bonds. The third kappa shape index (κ3) is 2.25. The largest absolute Gasteiger partial charge is 0.493 e. The number of ether oxygens (including phenoxy) is 3. The Morgan fingerprint density at radius 2 is 1.97 bits per heavy atom. The molecule has 2 aliphatic heterocycles. The molecule has 0 radical (unpaired) electrons. The summed E-state index contributed by atoms with van der Waals surface area (Å²) in [4.78, 5) is 2.54. The monoisotopic (exact) mass is 465 g/mol. The van der Waals surface area contributed by atoms with Gasteiger partial charge in [0, 0.05) is 42.0 Å². The number of fused-ring (bicyclic) bond motifs is 2.